The third kappa shape index (κ3) is 5.67. The van der Waals surface area contributed by atoms with Crippen LogP contribution in [0.2, 0.25) is 0 Å². The normalized spacial score (nSPS) is 11.4. The lowest BCUT2D eigenvalue weighted by atomic mass is 10.0. The van der Waals surface area contributed by atoms with E-state index in [4.69, 9.17) is 9.47 Å². The quantitative estimate of drug-likeness (QED) is 0.810. The summed E-state index contributed by atoms with van der Waals surface area (Å²) in [5, 5.41) is 5.02. The summed E-state index contributed by atoms with van der Waals surface area (Å²) in [6.07, 6.45) is 0.177. The first kappa shape index (κ1) is 18.5. The van der Waals surface area contributed by atoms with Gasteiger partial charge in [-0.15, -0.1) is 11.3 Å². The van der Waals surface area contributed by atoms with Gasteiger partial charge in [0.05, 0.1) is 12.2 Å². The van der Waals surface area contributed by atoms with Crippen molar-refractivity contribution < 1.29 is 19.1 Å². The number of nitrogens with one attached hydrogen (secondary N) is 1. The first-order valence-corrected chi connectivity index (χ1v) is 8.29. The van der Waals surface area contributed by atoms with Crippen LogP contribution in [0.3, 0.4) is 0 Å². The van der Waals surface area contributed by atoms with E-state index < -0.39 is 17.7 Å². The summed E-state index contributed by atoms with van der Waals surface area (Å²) in [6.45, 7) is 11.6. The van der Waals surface area contributed by atoms with E-state index in [0.29, 0.717) is 23.1 Å². The van der Waals surface area contributed by atoms with Crippen molar-refractivity contribution >= 4 is 28.4 Å². The fourth-order valence-corrected chi connectivity index (χ4v) is 2.85. The molecular weight excluding hydrogens is 302 g/mol. The van der Waals surface area contributed by atoms with Gasteiger partial charge in [-0.3, -0.25) is 5.32 Å². The predicted molar refractivity (Wildman–Crippen MR) is 88.7 cm³/mol. The number of thiophene rings is 1. The topological polar surface area (TPSA) is 64.6 Å². The molecule has 0 atom stereocenters. The predicted octanol–water partition coefficient (Wildman–Crippen LogP) is 4.47. The van der Waals surface area contributed by atoms with E-state index in [9.17, 15) is 9.59 Å². The smallest absolute Gasteiger partial charge is 0.412 e. The molecule has 1 N–H and O–H groups in total. The Labute approximate surface area is 136 Å². The van der Waals surface area contributed by atoms with Gasteiger partial charge in [-0.25, -0.2) is 9.59 Å². The summed E-state index contributed by atoms with van der Waals surface area (Å²) < 4.78 is 10.3. The molecule has 0 unspecified atom stereocenters. The van der Waals surface area contributed by atoms with Crippen LogP contribution in [-0.4, -0.2) is 24.3 Å². The van der Waals surface area contributed by atoms with Crippen LogP contribution in [0.4, 0.5) is 9.80 Å². The fourth-order valence-electron chi connectivity index (χ4n) is 1.90. The number of rotatable bonds is 5. The standard InChI is InChI=1S/C16H25NO4S/c1-7-20-14(18)12-11(8-10(2)3)9-22-13(12)17-15(19)21-16(4,5)6/h9-10H,7-8H2,1-6H3,(H,17,19). The molecule has 0 aliphatic heterocycles. The molecule has 0 radical (unpaired) electrons. The summed E-state index contributed by atoms with van der Waals surface area (Å²) in [5.41, 5.74) is 0.738. The zero-order valence-corrected chi connectivity index (χ0v) is 14.9. The second-order valence-electron chi connectivity index (χ2n) is 6.41. The molecule has 1 aromatic rings. The Morgan fingerprint density at radius 2 is 1.95 bits per heavy atom. The highest BCUT2D eigenvalue weighted by molar-refractivity contribution is 7.15. The van der Waals surface area contributed by atoms with E-state index in [1.807, 2.05) is 5.38 Å². The van der Waals surface area contributed by atoms with Crippen LogP contribution in [0.25, 0.3) is 0 Å². The van der Waals surface area contributed by atoms with Gasteiger partial charge >= 0.3 is 12.1 Å². The Bertz CT molecular complexity index is 529. The monoisotopic (exact) mass is 327 g/mol. The molecule has 1 rings (SSSR count). The van der Waals surface area contributed by atoms with Gasteiger partial charge in [0.2, 0.25) is 0 Å². The van der Waals surface area contributed by atoms with Crippen LogP contribution < -0.4 is 5.32 Å². The highest BCUT2D eigenvalue weighted by atomic mass is 32.1. The van der Waals surface area contributed by atoms with Crippen LogP contribution >= 0.6 is 11.3 Å². The Morgan fingerprint density at radius 3 is 2.45 bits per heavy atom. The zero-order valence-electron chi connectivity index (χ0n) is 14.1. The number of esters is 1. The van der Waals surface area contributed by atoms with E-state index in [1.54, 1.807) is 27.7 Å². The number of amides is 1. The number of carbonyl (C=O) groups excluding carboxylic acids is 2. The van der Waals surface area contributed by atoms with Crippen molar-refractivity contribution in [3.63, 3.8) is 0 Å². The minimum atomic E-state index is -0.591. The molecule has 0 saturated carbocycles. The number of ether oxygens (including phenoxy) is 2. The highest BCUT2D eigenvalue weighted by Crippen LogP contribution is 2.31. The Morgan fingerprint density at radius 1 is 1.32 bits per heavy atom. The molecule has 22 heavy (non-hydrogen) atoms. The third-order valence-corrected chi connectivity index (χ3v) is 3.53. The van der Waals surface area contributed by atoms with Crippen LogP contribution in [0.1, 0.15) is 57.5 Å². The van der Waals surface area contributed by atoms with Crippen molar-refractivity contribution in [2.24, 2.45) is 5.92 Å². The average molecular weight is 327 g/mol. The maximum Gasteiger partial charge on any atom is 0.412 e. The average Bonchev–Trinajstić information content (AvgIpc) is 2.68. The van der Waals surface area contributed by atoms with Gasteiger partial charge in [-0.2, -0.15) is 0 Å². The van der Waals surface area contributed by atoms with Gasteiger partial charge in [-0.1, -0.05) is 13.8 Å². The van der Waals surface area contributed by atoms with Crippen LogP contribution in [0.5, 0.6) is 0 Å². The van der Waals surface area contributed by atoms with Crippen molar-refractivity contribution in [2.45, 2.75) is 53.6 Å². The summed E-state index contributed by atoms with van der Waals surface area (Å²) >= 11 is 1.31. The molecule has 0 saturated heterocycles. The van der Waals surface area contributed by atoms with Gasteiger partial charge in [-0.05, 0) is 51.0 Å². The second kappa shape index (κ2) is 7.63. The van der Waals surface area contributed by atoms with Gasteiger partial charge in [0.15, 0.2) is 0 Å². The molecule has 0 fully saturated rings. The molecule has 0 aliphatic carbocycles. The lowest BCUT2D eigenvalue weighted by Crippen LogP contribution is -2.27. The molecular formula is C16H25NO4S. The summed E-state index contributed by atoms with van der Waals surface area (Å²) in [7, 11) is 0. The second-order valence-corrected chi connectivity index (χ2v) is 7.29. The molecule has 0 aromatic carbocycles. The highest BCUT2D eigenvalue weighted by Gasteiger charge is 2.24. The fraction of sp³-hybridized carbons (Fsp3) is 0.625. The van der Waals surface area contributed by atoms with Crippen molar-refractivity contribution in [3.05, 3.63) is 16.5 Å². The Hall–Kier alpha value is -1.56. The Balaban J connectivity index is 3.01. The summed E-state index contributed by atoms with van der Waals surface area (Å²) in [5.74, 6) is -0.0115. The number of anilines is 1. The first-order valence-electron chi connectivity index (χ1n) is 7.41. The lowest BCUT2D eigenvalue weighted by molar-refractivity contribution is 0.0527. The van der Waals surface area contributed by atoms with E-state index in [0.717, 1.165) is 12.0 Å². The minimum absolute atomic E-state index is 0.293. The molecule has 6 heteroatoms. The SMILES string of the molecule is CCOC(=O)c1c(CC(C)C)csc1NC(=O)OC(C)(C)C. The molecule has 0 aliphatic rings. The molecule has 5 nitrogen and oxygen atoms in total. The van der Waals surface area contributed by atoms with Gasteiger partial charge in [0.1, 0.15) is 10.6 Å². The molecule has 124 valence electrons. The number of carbonyl (C=O) groups is 2. The molecule has 1 heterocycles. The van der Waals surface area contributed by atoms with Crippen LogP contribution in [0, 0.1) is 5.92 Å². The van der Waals surface area contributed by atoms with Crippen LogP contribution in [-0.2, 0) is 15.9 Å². The first-order chi connectivity index (χ1) is 10.1. The number of hydrogen-bond acceptors (Lipinski definition) is 5. The van der Waals surface area contributed by atoms with E-state index >= 15 is 0 Å². The number of hydrogen-bond donors (Lipinski definition) is 1. The van der Waals surface area contributed by atoms with Gasteiger partial charge < -0.3 is 9.47 Å². The molecule has 1 amide bonds. The van der Waals surface area contributed by atoms with Crippen LogP contribution in [0.15, 0.2) is 5.38 Å². The maximum atomic E-state index is 12.2. The van der Waals surface area contributed by atoms with Crippen molar-refractivity contribution in [1.29, 1.82) is 0 Å². The largest absolute Gasteiger partial charge is 0.462 e. The molecule has 0 spiro atoms. The summed E-state index contributed by atoms with van der Waals surface area (Å²) in [6, 6.07) is 0. The third-order valence-electron chi connectivity index (χ3n) is 2.59. The van der Waals surface area contributed by atoms with Crippen molar-refractivity contribution in [2.75, 3.05) is 11.9 Å². The minimum Gasteiger partial charge on any atom is -0.462 e. The lowest BCUT2D eigenvalue weighted by Gasteiger charge is -2.19. The van der Waals surface area contributed by atoms with E-state index in [2.05, 4.69) is 19.2 Å². The molecule has 0 bridgehead atoms. The van der Waals surface area contributed by atoms with E-state index in [-0.39, 0.29) is 0 Å². The van der Waals surface area contributed by atoms with Crippen molar-refractivity contribution in [3.8, 4) is 0 Å². The molecule has 1 aromatic heterocycles. The maximum absolute atomic E-state index is 12.2. The van der Waals surface area contributed by atoms with Gasteiger partial charge in [0, 0.05) is 0 Å². The van der Waals surface area contributed by atoms with Crippen molar-refractivity contribution in [1.82, 2.24) is 0 Å². The van der Waals surface area contributed by atoms with Gasteiger partial charge in [0.25, 0.3) is 0 Å². The zero-order chi connectivity index (χ0) is 16.9. The van der Waals surface area contributed by atoms with E-state index in [1.165, 1.54) is 11.3 Å². The Kier molecular flexibility index (Phi) is 6.41. The summed E-state index contributed by atoms with van der Waals surface area (Å²) in [4.78, 5) is 24.1.